The number of carbonyl (C=O) groups excluding carboxylic acids is 2. The van der Waals surface area contributed by atoms with Crippen molar-refractivity contribution in [3.8, 4) is 0 Å². The van der Waals surface area contributed by atoms with Crippen LogP contribution in [-0.4, -0.2) is 36.8 Å². The van der Waals surface area contributed by atoms with Crippen molar-refractivity contribution < 1.29 is 14.3 Å². The second-order valence-corrected chi connectivity index (χ2v) is 8.41. The quantitative estimate of drug-likeness (QED) is 0.502. The number of halogens is 1. The van der Waals surface area contributed by atoms with Gasteiger partial charge in [-0.25, -0.2) is 0 Å². The molecular formula is C20H29ClN2O3S. The van der Waals surface area contributed by atoms with Gasteiger partial charge in [-0.05, 0) is 49.3 Å². The minimum absolute atomic E-state index is 0. The van der Waals surface area contributed by atoms with Gasteiger partial charge in [-0.1, -0.05) is 12.1 Å². The van der Waals surface area contributed by atoms with Gasteiger partial charge in [-0.3, -0.25) is 9.59 Å². The fraction of sp³-hybridized carbons (Fsp3) is 0.600. The lowest BCUT2D eigenvalue weighted by molar-refractivity contribution is -0.140. The summed E-state index contributed by atoms with van der Waals surface area (Å²) in [6.07, 6.45) is 5.82. The summed E-state index contributed by atoms with van der Waals surface area (Å²) in [6, 6.07) is 9.22. The summed E-state index contributed by atoms with van der Waals surface area (Å²) in [5.41, 5.74) is 2.01. The van der Waals surface area contributed by atoms with Gasteiger partial charge in [0.05, 0.1) is 13.5 Å². The van der Waals surface area contributed by atoms with Crippen LogP contribution in [0.4, 0.5) is 5.69 Å². The Morgan fingerprint density at radius 1 is 1.26 bits per heavy atom. The third-order valence-corrected chi connectivity index (χ3v) is 6.23. The van der Waals surface area contributed by atoms with E-state index in [0.29, 0.717) is 30.8 Å². The van der Waals surface area contributed by atoms with Crippen LogP contribution in [0, 0.1) is 5.92 Å². The summed E-state index contributed by atoms with van der Waals surface area (Å²) in [5, 5.41) is 6.68. The molecule has 7 heteroatoms. The van der Waals surface area contributed by atoms with Crippen LogP contribution in [0.2, 0.25) is 0 Å². The molecule has 1 aromatic carbocycles. The first-order chi connectivity index (χ1) is 12.6. The molecule has 1 aromatic rings. The Morgan fingerprint density at radius 2 is 2.00 bits per heavy atom. The van der Waals surface area contributed by atoms with Crippen molar-refractivity contribution in [2.45, 2.75) is 56.4 Å². The van der Waals surface area contributed by atoms with Crippen LogP contribution in [0.1, 0.15) is 44.1 Å². The Labute approximate surface area is 171 Å². The number of anilines is 1. The molecule has 2 atom stereocenters. The van der Waals surface area contributed by atoms with E-state index in [1.165, 1.54) is 20.0 Å². The first-order valence-electron chi connectivity index (χ1n) is 9.42. The number of piperidine rings is 1. The van der Waals surface area contributed by atoms with Crippen molar-refractivity contribution in [1.82, 2.24) is 5.32 Å². The molecule has 2 fully saturated rings. The number of carbonyl (C=O) groups is 2. The van der Waals surface area contributed by atoms with Crippen molar-refractivity contribution in [2.24, 2.45) is 5.92 Å². The van der Waals surface area contributed by atoms with Crippen LogP contribution in [0.15, 0.2) is 24.3 Å². The van der Waals surface area contributed by atoms with Gasteiger partial charge >= 0.3 is 5.97 Å². The molecule has 0 spiro atoms. The van der Waals surface area contributed by atoms with E-state index >= 15 is 0 Å². The molecule has 0 aromatic heterocycles. The monoisotopic (exact) mass is 412 g/mol. The average molecular weight is 413 g/mol. The number of nitrogens with one attached hydrogen (secondary N) is 2. The van der Waals surface area contributed by atoms with Gasteiger partial charge in [0.25, 0.3) is 0 Å². The van der Waals surface area contributed by atoms with Gasteiger partial charge in [-0.2, -0.15) is 11.8 Å². The van der Waals surface area contributed by atoms with E-state index in [0.717, 1.165) is 35.6 Å². The number of amides is 1. The molecule has 2 bridgehead atoms. The predicted octanol–water partition coefficient (Wildman–Crippen LogP) is 3.76. The number of ether oxygens (including phenoxy) is 1. The normalized spacial score (nSPS) is 23.4. The van der Waals surface area contributed by atoms with Crippen LogP contribution in [-0.2, 0) is 20.1 Å². The molecule has 2 aliphatic heterocycles. The highest BCUT2D eigenvalue weighted by molar-refractivity contribution is 7.98. The van der Waals surface area contributed by atoms with Gasteiger partial charge in [0.2, 0.25) is 5.91 Å². The Morgan fingerprint density at radius 3 is 2.70 bits per heavy atom. The summed E-state index contributed by atoms with van der Waals surface area (Å²) >= 11 is 1.69. The smallest absolute Gasteiger partial charge is 0.306 e. The standard InChI is InChI=1S/C20H28N2O3S.ClH/c1-25-20(24)7-8-26-13-14-3-2-4-16(9-14)22-19(23)12-15-10-17-5-6-18(11-15)21-17;/h2-4,9,15,17-18,21H,5-8,10-13H2,1H3,(H,22,23);1H. The number of esters is 1. The molecule has 5 nitrogen and oxygen atoms in total. The number of rotatable bonds is 8. The topological polar surface area (TPSA) is 67.4 Å². The highest BCUT2D eigenvalue weighted by Crippen LogP contribution is 2.32. The predicted molar refractivity (Wildman–Crippen MR) is 112 cm³/mol. The highest BCUT2D eigenvalue weighted by Gasteiger charge is 2.34. The van der Waals surface area contributed by atoms with Crippen LogP contribution >= 0.6 is 24.2 Å². The Balaban J connectivity index is 0.00000261. The first-order valence-corrected chi connectivity index (χ1v) is 10.6. The van der Waals surface area contributed by atoms with Crippen molar-refractivity contribution >= 4 is 41.7 Å². The van der Waals surface area contributed by atoms with Crippen LogP contribution in [0.3, 0.4) is 0 Å². The van der Waals surface area contributed by atoms with Gasteiger partial charge in [-0.15, -0.1) is 12.4 Å². The van der Waals surface area contributed by atoms with Crippen LogP contribution in [0.25, 0.3) is 0 Å². The largest absolute Gasteiger partial charge is 0.469 e. The van der Waals surface area contributed by atoms with E-state index < -0.39 is 0 Å². The van der Waals surface area contributed by atoms with Gasteiger partial charge < -0.3 is 15.4 Å². The zero-order valence-electron chi connectivity index (χ0n) is 15.7. The molecule has 27 heavy (non-hydrogen) atoms. The third kappa shape index (κ3) is 7.01. The average Bonchev–Trinajstić information content (AvgIpc) is 2.97. The lowest BCUT2D eigenvalue weighted by Gasteiger charge is -2.28. The van der Waals surface area contributed by atoms with Gasteiger partial charge in [0.1, 0.15) is 0 Å². The maximum Gasteiger partial charge on any atom is 0.306 e. The number of methoxy groups -OCH3 is 1. The van der Waals surface area contributed by atoms with E-state index in [2.05, 4.69) is 15.4 Å². The van der Waals surface area contributed by atoms with E-state index in [-0.39, 0.29) is 24.3 Å². The first kappa shape index (κ1) is 22.1. The molecule has 150 valence electrons. The molecule has 2 unspecified atom stereocenters. The fourth-order valence-corrected chi connectivity index (χ4v) is 4.87. The van der Waals surface area contributed by atoms with E-state index in [4.69, 9.17) is 0 Å². The Bertz CT molecular complexity index is 631. The van der Waals surface area contributed by atoms with Crippen molar-refractivity contribution in [3.05, 3.63) is 29.8 Å². The second kappa shape index (κ2) is 10.9. The number of fused-ring (bicyclic) bond motifs is 2. The molecule has 0 saturated carbocycles. The van der Waals surface area contributed by atoms with Crippen molar-refractivity contribution in [1.29, 1.82) is 0 Å². The summed E-state index contributed by atoms with van der Waals surface area (Å²) in [6.45, 7) is 0. The SMILES string of the molecule is COC(=O)CCSCc1cccc(NC(=O)CC2CC3CCC(C2)N3)c1.Cl. The Kier molecular flexibility index (Phi) is 8.93. The van der Waals surface area contributed by atoms with Crippen molar-refractivity contribution in [3.63, 3.8) is 0 Å². The summed E-state index contributed by atoms with van der Waals surface area (Å²) < 4.78 is 4.64. The zero-order chi connectivity index (χ0) is 18.4. The Hall–Kier alpha value is -1.24. The number of hydrogen-bond donors (Lipinski definition) is 2. The molecule has 1 amide bonds. The molecule has 2 aliphatic rings. The summed E-state index contributed by atoms with van der Waals surface area (Å²) in [7, 11) is 1.41. The molecule has 0 radical (unpaired) electrons. The van der Waals surface area contributed by atoms with Crippen molar-refractivity contribution in [2.75, 3.05) is 18.2 Å². The number of benzene rings is 1. The molecular weight excluding hydrogens is 384 g/mol. The maximum atomic E-state index is 12.4. The lowest BCUT2D eigenvalue weighted by atomic mass is 9.89. The van der Waals surface area contributed by atoms with E-state index in [1.807, 2.05) is 24.3 Å². The minimum atomic E-state index is -0.176. The van der Waals surface area contributed by atoms with Crippen LogP contribution < -0.4 is 10.6 Å². The molecule has 2 heterocycles. The number of hydrogen-bond acceptors (Lipinski definition) is 5. The van der Waals surface area contributed by atoms with Gasteiger partial charge in [0.15, 0.2) is 0 Å². The number of thioether (sulfide) groups is 1. The minimum Gasteiger partial charge on any atom is -0.469 e. The molecule has 2 N–H and O–H groups in total. The zero-order valence-corrected chi connectivity index (χ0v) is 17.4. The van der Waals surface area contributed by atoms with E-state index in [9.17, 15) is 9.59 Å². The third-order valence-electron chi connectivity index (χ3n) is 5.20. The summed E-state index contributed by atoms with van der Waals surface area (Å²) in [5.74, 6) is 2.00. The van der Waals surface area contributed by atoms with Gasteiger partial charge in [0, 0.05) is 35.7 Å². The molecule has 0 aliphatic carbocycles. The summed E-state index contributed by atoms with van der Waals surface area (Å²) in [4.78, 5) is 23.5. The lowest BCUT2D eigenvalue weighted by Crippen LogP contribution is -2.39. The second-order valence-electron chi connectivity index (χ2n) is 7.31. The maximum absolute atomic E-state index is 12.4. The molecule has 3 rings (SSSR count). The fourth-order valence-electron chi connectivity index (χ4n) is 4.00. The van der Waals surface area contributed by atoms with E-state index in [1.54, 1.807) is 11.8 Å². The molecule has 2 saturated heterocycles. The highest BCUT2D eigenvalue weighted by atomic mass is 35.5. The van der Waals surface area contributed by atoms with Crippen LogP contribution in [0.5, 0.6) is 0 Å².